The van der Waals surface area contributed by atoms with Crippen LogP contribution in [0, 0.1) is 0 Å². The molecule has 7 heteroatoms. The number of nitrogens with one attached hydrogen (secondary N) is 1. The van der Waals surface area contributed by atoms with E-state index in [1.54, 1.807) is 6.07 Å². The van der Waals surface area contributed by atoms with Gasteiger partial charge in [-0.2, -0.15) is 4.31 Å². The zero-order valence-electron chi connectivity index (χ0n) is 13.0. The number of hydrogen-bond acceptors (Lipinski definition) is 5. The first-order chi connectivity index (χ1) is 9.79. The molecular formula is C14H24N2O4S. The Balaban J connectivity index is 2.12. The summed E-state index contributed by atoms with van der Waals surface area (Å²) >= 11 is 0. The molecule has 2 rings (SSSR count). The van der Waals surface area contributed by atoms with Gasteiger partial charge in [-0.15, -0.1) is 0 Å². The van der Waals surface area contributed by atoms with E-state index in [1.807, 2.05) is 27.7 Å². The number of ether oxygens (including phenoxy) is 1. The minimum Gasteiger partial charge on any atom is -0.447 e. The Labute approximate surface area is 126 Å². The molecule has 120 valence electrons. The highest BCUT2D eigenvalue weighted by atomic mass is 32.2. The third-order valence-electron chi connectivity index (χ3n) is 3.30. The number of hydrogen-bond donors (Lipinski definition) is 1. The van der Waals surface area contributed by atoms with Crippen LogP contribution in [0.5, 0.6) is 0 Å². The first-order valence-corrected chi connectivity index (χ1v) is 8.70. The lowest BCUT2D eigenvalue weighted by molar-refractivity contribution is -0.0443. The van der Waals surface area contributed by atoms with Crippen molar-refractivity contribution >= 4 is 10.0 Å². The average molecular weight is 316 g/mol. The normalized spacial score (nSPS) is 24.6. The molecule has 2 heterocycles. The smallest absolute Gasteiger partial charge is 0.276 e. The zero-order chi connectivity index (χ0) is 15.6. The van der Waals surface area contributed by atoms with Crippen LogP contribution >= 0.6 is 0 Å². The van der Waals surface area contributed by atoms with Gasteiger partial charge < -0.3 is 14.5 Å². The second-order valence-electron chi connectivity index (χ2n) is 5.84. The van der Waals surface area contributed by atoms with E-state index < -0.39 is 10.0 Å². The molecule has 6 nitrogen and oxygen atoms in total. The van der Waals surface area contributed by atoms with E-state index in [0.717, 1.165) is 0 Å². The van der Waals surface area contributed by atoms with E-state index in [-0.39, 0.29) is 17.3 Å². The predicted octanol–water partition coefficient (Wildman–Crippen LogP) is 1.58. The van der Waals surface area contributed by atoms with Gasteiger partial charge >= 0.3 is 0 Å². The second-order valence-corrected chi connectivity index (χ2v) is 7.70. The van der Waals surface area contributed by atoms with Crippen molar-refractivity contribution in [3.63, 3.8) is 0 Å². The molecule has 1 aromatic rings. The summed E-state index contributed by atoms with van der Waals surface area (Å²) in [5, 5.41) is 3.20. The van der Waals surface area contributed by atoms with Crippen molar-refractivity contribution in [2.75, 3.05) is 13.1 Å². The van der Waals surface area contributed by atoms with E-state index >= 15 is 0 Å². The lowest BCUT2D eigenvalue weighted by Crippen LogP contribution is -2.47. The SMILES string of the molecule is CC(C)NCc1ccc(S(=O)(=O)N2CC(C)OC(C)C2)o1. The van der Waals surface area contributed by atoms with Crippen LogP contribution in [-0.2, 0) is 21.3 Å². The summed E-state index contributed by atoms with van der Waals surface area (Å²) < 4.78 is 37.7. The monoisotopic (exact) mass is 316 g/mol. The molecule has 1 N–H and O–H groups in total. The van der Waals surface area contributed by atoms with Crippen molar-refractivity contribution in [1.29, 1.82) is 0 Å². The van der Waals surface area contributed by atoms with Crippen molar-refractivity contribution in [3.05, 3.63) is 17.9 Å². The van der Waals surface area contributed by atoms with Gasteiger partial charge in [0.05, 0.1) is 18.8 Å². The molecule has 1 aromatic heterocycles. The Morgan fingerprint density at radius 2 is 1.90 bits per heavy atom. The summed E-state index contributed by atoms with van der Waals surface area (Å²) in [5.41, 5.74) is 0. The van der Waals surface area contributed by atoms with Gasteiger partial charge in [0.2, 0.25) is 5.09 Å². The molecule has 0 aromatic carbocycles. The fraction of sp³-hybridized carbons (Fsp3) is 0.714. The van der Waals surface area contributed by atoms with Crippen LogP contribution in [0.15, 0.2) is 21.6 Å². The molecule has 1 fully saturated rings. The maximum atomic E-state index is 12.6. The largest absolute Gasteiger partial charge is 0.447 e. The van der Waals surface area contributed by atoms with E-state index in [0.29, 0.717) is 31.4 Å². The van der Waals surface area contributed by atoms with Crippen molar-refractivity contribution < 1.29 is 17.6 Å². The number of sulfonamides is 1. The molecule has 2 atom stereocenters. The number of furan rings is 1. The maximum absolute atomic E-state index is 12.6. The van der Waals surface area contributed by atoms with Gasteiger partial charge in [0, 0.05) is 19.1 Å². The highest BCUT2D eigenvalue weighted by Gasteiger charge is 2.34. The van der Waals surface area contributed by atoms with Gasteiger partial charge in [-0.3, -0.25) is 0 Å². The second kappa shape index (κ2) is 6.48. The van der Waals surface area contributed by atoms with Crippen LogP contribution < -0.4 is 5.32 Å². The van der Waals surface area contributed by atoms with Crippen molar-refractivity contribution in [2.45, 2.75) is 57.6 Å². The first kappa shape index (κ1) is 16.5. The van der Waals surface area contributed by atoms with Crippen LogP contribution in [0.2, 0.25) is 0 Å². The van der Waals surface area contributed by atoms with Crippen LogP contribution in [-0.4, -0.2) is 44.1 Å². The molecule has 0 amide bonds. The van der Waals surface area contributed by atoms with E-state index in [4.69, 9.17) is 9.15 Å². The van der Waals surface area contributed by atoms with Crippen molar-refractivity contribution in [1.82, 2.24) is 9.62 Å². The van der Waals surface area contributed by atoms with Gasteiger partial charge in [0.1, 0.15) is 5.76 Å². The number of nitrogens with zero attached hydrogens (tertiary/aromatic N) is 1. The third kappa shape index (κ3) is 4.06. The number of morpholine rings is 1. The lowest BCUT2D eigenvalue weighted by atomic mass is 10.3. The van der Waals surface area contributed by atoms with Crippen LogP contribution in [0.3, 0.4) is 0 Å². The molecule has 0 saturated carbocycles. The molecule has 1 aliphatic rings. The topological polar surface area (TPSA) is 71.8 Å². The summed E-state index contributed by atoms with van der Waals surface area (Å²) in [6.07, 6.45) is -0.221. The minimum atomic E-state index is -3.59. The summed E-state index contributed by atoms with van der Waals surface area (Å²) in [7, 11) is -3.59. The first-order valence-electron chi connectivity index (χ1n) is 7.26. The third-order valence-corrected chi connectivity index (χ3v) is 5.01. The summed E-state index contributed by atoms with van der Waals surface area (Å²) in [6, 6.07) is 3.55. The minimum absolute atomic E-state index is 0.00403. The van der Waals surface area contributed by atoms with Gasteiger partial charge in [0.15, 0.2) is 0 Å². The molecule has 1 saturated heterocycles. The summed E-state index contributed by atoms with van der Waals surface area (Å²) in [5.74, 6) is 0.622. The Morgan fingerprint density at radius 1 is 1.29 bits per heavy atom. The zero-order valence-corrected chi connectivity index (χ0v) is 13.8. The standard InChI is InChI=1S/C14H24N2O4S/c1-10(2)15-7-13-5-6-14(20-13)21(17,18)16-8-11(3)19-12(4)9-16/h5-6,10-12,15H,7-9H2,1-4H3. The van der Waals surface area contributed by atoms with E-state index in [1.165, 1.54) is 10.4 Å². The average Bonchev–Trinajstić information content (AvgIpc) is 2.84. The van der Waals surface area contributed by atoms with Crippen LogP contribution in [0.4, 0.5) is 0 Å². The van der Waals surface area contributed by atoms with Gasteiger partial charge in [-0.25, -0.2) is 8.42 Å². The predicted molar refractivity (Wildman–Crippen MR) is 79.5 cm³/mol. The molecule has 0 aliphatic carbocycles. The summed E-state index contributed by atoms with van der Waals surface area (Å²) in [4.78, 5) is 0. The van der Waals surface area contributed by atoms with Crippen LogP contribution in [0.25, 0.3) is 0 Å². The summed E-state index contributed by atoms with van der Waals surface area (Å²) in [6.45, 7) is 9.02. The molecular weight excluding hydrogens is 292 g/mol. The Kier molecular flexibility index (Phi) is 5.08. The molecule has 2 unspecified atom stereocenters. The quantitative estimate of drug-likeness (QED) is 0.893. The molecule has 21 heavy (non-hydrogen) atoms. The molecule has 1 aliphatic heterocycles. The molecule has 0 spiro atoms. The Hall–Kier alpha value is -0.890. The van der Waals surface area contributed by atoms with E-state index in [2.05, 4.69) is 5.32 Å². The fourth-order valence-corrected chi connectivity index (χ4v) is 3.87. The molecule has 0 radical (unpaired) electrons. The number of rotatable bonds is 5. The van der Waals surface area contributed by atoms with Gasteiger partial charge in [0.25, 0.3) is 10.0 Å². The Morgan fingerprint density at radius 3 is 2.48 bits per heavy atom. The van der Waals surface area contributed by atoms with Gasteiger partial charge in [-0.05, 0) is 26.0 Å². The van der Waals surface area contributed by atoms with Crippen LogP contribution in [0.1, 0.15) is 33.5 Å². The van der Waals surface area contributed by atoms with Crippen molar-refractivity contribution in [3.8, 4) is 0 Å². The molecule has 0 bridgehead atoms. The highest BCUT2D eigenvalue weighted by Crippen LogP contribution is 2.22. The maximum Gasteiger partial charge on any atom is 0.276 e. The van der Waals surface area contributed by atoms with E-state index in [9.17, 15) is 8.42 Å². The van der Waals surface area contributed by atoms with Gasteiger partial charge in [-0.1, -0.05) is 13.8 Å². The lowest BCUT2D eigenvalue weighted by Gasteiger charge is -2.33. The van der Waals surface area contributed by atoms with Crippen molar-refractivity contribution in [2.24, 2.45) is 0 Å². The Bertz CT molecular complexity index is 557. The fourth-order valence-electron chi connectivity index (χ4n) is 2.35. The highest BCUT2D eigenvalue weighted by molar-refractivity contribution is 7.89.